The van der Waals surface area contributed by atoms with Gasteiger partial charge in [0.2, 0.25) is 17.7 Å². The van der Waals surface area contributed by atoms with Gasteiger partial charge < -0.3 is 14.5 Å². The van der Waals surface area contributed by atoms with Gasteiger partial charge in [0.1, 0.15) is 5.75 Å². The monoisotopic (exact) mass is 381 g/mol. The highest BCUT2D eigenvalue weighted by atomic mass is 16.5. The molecular weight excluding hydrogens is 358 g/mol. The Morgan fingerprint density at radius 3 is 2.68 bits per heavy atom. The summed E-state index contributed by atoms with van der Waals surface area (Å²) in [5, 5.41) is 0. The minimum absolute atomic E-state index is 0.0499. The van der Waals surface area contributed by atoms with E-state index in [1.807, 2.05) is 11.0 Å². The third-order valence-corrected chi connectivity index (χ3v) is 5.40. The molecule has 8 heteroatoms. The first-order chi connectivity index (χ1) is 13.6. The molecule has 0 aliphatic carbocycles. The molecule has 8 nitrogen and oxygen atoms in total. The Morgan fingerprint density at radius 2 is 2.00 bits per heavy atom. The number of pyridine rings is 1. The van der Waals surface area contributed by atoms with Crippen molar-refractivity contribution in [2.24, 2.45) is 5.92 Å². The van der Waals surface area contributed by atoms with Crippen LogP contribution in [0.25, 0.3) is 0 Å². The quantitative estimate of drug-likeness (QED) is 0.803. The van der Waals surface area contributed by atoms with E-state index < -0.39 is 0 Å². The smallest absolute Gasteiger partial charge is 0.238 e. The van der Waals surface area contributed by atoms with Crippen LogP contribution in [0.4, 0.5) is 0 Å². The maximum absolute atomic E-state index is 12.7. The third kappa shape index (κ3) is 3.95. The van der Waals surface area contributed by atoms with Gasteiger partial charge in [-0.2, -0.15) is 0 Å². The summed E-state index contributed by atoms with van der Waals surface area (Å²) >= 11 is 0. The summed E-state index contributed by atoms with van der Waals surface area (Å²) in [6.07, 6.45) is 8.65. The van der Waals surface area contributed by atoms with Crippen molar-refractivity contribution < 1.29 is 14.3 Å². The molecule has 2 aliphatic rings. The second kappa shape index (κ2) is 7.92. The number of aromatic nitrogens is 3. The number of ether oxygens (including phenoxy) is 1. The standard InChI is InChI=1S/C20H23N5O3/c1-24-13-15(9-19(24)26)20(27)25-7-4-14(5-8-25)17-11-22-12-18(23-17)28-16-3-2-6-21-10-16/h2-3,6,10-12,14-15H,4-5,7-9,13H2,1H3/t15-/m0/s1. The lowest BCUT2D eigenvalue weighted by molar-refractivity contribution is -0.136. The maximum atomic E-state index is 12.7. The highest BCUT2D eigenvalue weighted by Gasteiger charge is 2.36. The van der Waals surface area contributed by atoms with Crippen LogP contribution in [-0.2, 0) is 9.59 Å². The average molecular weight is 381 g/mol. The van der Waals surface area contributed by atoms with Gasteiger partial charge in [-0.05, 0) is 25.0 Å². The third-order valence-electron chi connectivity index (χ3n) is 5.40. The molecule has 2 saturated heterocycles. The molecule has 2 aromatic rings. The van der Waals surface area contributed by atoms with E-state index in [4.69, 9.17) is 4.74 Å². The van der Waals surface area contributed by atoms with Crippen LogP contribution in [0.1, 0.15) is 30.9 Å². The van der Waals surface area contributed by atoms with Gasteiger partial charge in [0, 0.05) is 51.4 Å². The number of nitrogens with zero attached hydrogens (tertiary/aromatic N) is 5. The van der Waals surface area contributed by atoms with Crippen molar-refractivity contribution in [2.45, 2.75) is 25.2 Å². The van der Waals surface area contributed by atoms with Crippen molar-refractivity contribution in [1.82, 2.24) is 24.8 Å². The molecule has 2 amide bonds. The Bertz CT molecular complexity index is 852. The topological polar surface area (TPSA) is 88.5 Å². The van der Waals surface area contributed by atoms with Gasteiger partial charge in [-0.3, -0.25) is 19.6 Å². The van der Waals surface area contributed by atoms with Crippen molar-refractivity contribution in [1.29, 1.82) is 0 Å². The molecule has 0 saturated carbocycles. The maximum Gasteiger partial charge on any atom is 0.238 e. The van der Waals surface area contributed by atoms with E-state index in [0.29, 0.717) is 37.7 Å². The molecule has 2 aromatic heterocycles. The number of carbonyl (C=O) groups is 2. The summed E-state index contributed by atoms with van der Waals surface area (Å²) in [7, 11) is 1.75. The van der Waals surface area contributed by atoms with Crippen molar-refractivity contribution in [3.05, 3.63) is 42.6 Å². The Morgan fingerprint density at radius 1 is 1.18 bits per heavy atom. The number of carbonyl (C=O) groups excluding carboxylic acids is 2. The fourth-order valence-electron chi connectivity index (χ4n) is 3.82. The van der Waals surface area contributed by atoms with Gasteiger partial charge in [0.15, 0.2) is 0 Å². The number of hydrogen-bond donors (Lipinski definition) is 0. The number of hydrogen-bond acceptors (Lipinski definition) is 6. The lowest BCUT2D eigenvalue weighted by atomic mass is 9.93. The molecule has 0 unspecified atom stereocenters. The minimum Gasteiger partial charge on any atom is -0.436 e. The first kappa shape index (κ1) is 18.3. The summed E-state index contributed by atoms with van der Waals surface area (Å²) in [5.74, 6) is 1.23. The van der Waals surface area contributed by atoms with E-state index in [2.05, 4.69) is 15.0 Å². The van der Waals surface area contributed by atoms with Gasteiger partial charge in [0.05, 0.1) is 24.0 Å². The molecule has 1 atom stereocenters. The lowest BCUT2D eigenvalue weighted by Crippen LogP contribution is -2.42. The summed E-state index contributed by atoms with van der Waals surface area (Å²) in [6, 6.07) is 3.62. The van der Waals surface area contributed by atoms with Crippen molar-refractivity contribution >= 4 is 11.8 Å². The fraction of sp³-hybridized carbons (Fsp3) is 0.450. The molecule has 2 fully saturated rings. The summed E-state index contributed by atoms with van der Waals surface area (Å²) in [5.41, 5.74) is 0.879. The zero-order valence-electron chi connectivity index (χ0n) is 15.8. The zero-order valence-corrected chi connectivity index (χ0v) is 15.8. The van der Waals surface area contributed by atoms with E-state index in [-0.39, 0.29) is 23.7 Å². The van der Waals surface area contributed by atoms with Gasteiger partial charge in [-0.15, -0.1) is 0 Å². The molecule has 0 aromatic carbocycles. The first-order valence-corrected chi connectivity index (χ1v) is 9.52. The lowest BCUT2D eigenvalue weighted by Gasteiger charge is -2.33. The average Bonchev–Trinajstić information content (AvgIpc) is 3.07. The summed E-state index contributed by atoms with van der Waals surface area (Å²) in [6.45, 7) is 1.87. The normalized spacial score (nSPS) is 20.5. The largest absolute Gasteiger partial charge is 0.436 e. The minimum atomic E-state index is -0.204. The van der Waals surface area contributed by atoms with Crippen molar-refractivity contribution in [3.8, 4) is 11.6 Å². The summed E-state index contributed by atoms with van der Waals surface area (Å²) < 4.78 is 5.72. The van der Waals surface area contributed by atoms with E-state index in [0.717, 1.165) is 18.5 Å². The highest BCUT2D eigenvalue weighted by molar-refractivity contribution is 5.89. The highest BCUT2D eigenvalue weighted by Crippen LogP contribution is 2.29. The molecule has 4 rings (SSSR count). The second-order valence-electron chi connectivity index (χ2n) is 7.35. The van der Waals surface area contributed by atoms with Crippen LogP contribution >= 0.6 is 0 Å². The van der Waals surface area contributed by atoms with Crippen LogP contribution in [0.15, 0.2) is 36.9 Å². The van der Waals surface area contributed by atoms with E-state index in [1.54, 1.807) is 42.8 Å². The molecule has 2 aliphatic heterocycles. The molecule has 0 radical (unpaired) electrons. The Hall–Kier alpha value is -3.03. The number of piperidine rings is 1. The van der Waals surface area contributed by atoms with Crippen LogP contribution in [0, 0.1) is 5.92 Å². The van der Waals surface area contributed by atoms with Gasteiger partial charge >= 0.3 is 0 Å². The van der Waals surface area contributed by atoms with Crippen molar-refractivity contribution in [2.75, 3.05) is 26.7 Å². The summed E-state index contributed by atoms with van der Waals surface area (Å²) in [4.78, 5) is 40.8. The van der Waals surface area contributed by atoms with Crippen LogP contribution in [-0.4, -0.2) is 63.2 Å². The Kier molecular flexibility index (Phi) is 5.18. The molecular formula is C20H23N5O3. The molecule has 28 heavy (non-hydrogen) atoms. The number of rotatable bonds is 4. The fourth-order valence-corrected chi connectivity index (χ4v) is 3.82. The van der Waals surface area contributed by atoms with E-state index >= 15 is 0 Å². The molecule has 0 bridgehead atoms. The number of amides is 2. The van der Waals surface area contributed by atoms with Crippen LogP contribution < -0.4 is 4.74 Å². The van der Waals surface area contributed by atoms with Crippen molar-refractivity contribution in [3.63, 3.8) is 0 Å². The molecule has 4 heterocycles. The first-order valence-electron chi connectivity index (χ1n) is 9.52. The predicted molar refractivity (Wildman–Crippen MR) is 101 cm³/mol. The SMILES string of the molecule is CN1C[C@@H](C(=O)N2CCC(c3cncc(Oc4cccnc4)n3)CC2)CC1=O. The van der Waals surface area contributed by atoms with Crippen LogP contribution in [0.2, 0.25) is 0 Å². The van der Waals surface area contributed by atoms with Crippen LogP contribution in [0.3, 0.4) is 0 Å². The van der Waals surface area contributed by atoms with Gasteiger partial charge in [0.25, 0.3) is 0 Å². The van der Waals surface area contributed by atoms with Gasteiger partial charge in [-0.1, -0.05) is 0 Å². The van der Waals surface area contributed by atoms with Crippen LogP contribution in [0.5, 0.6) is 11.6 Å². The second-order valence-corrected chi connectivity index (χ2v) is 7.35. The zero-order chi connectivity index (χ0) is 19.5. The molecule has 0 spiro atoms. The molecule has 0 N–H and O–H groups in total. The number of likely N-dealkylation sites (tertiary alicyclic amines) is 2. The predicted octanol–water partition coefficient (Wildman–Crippen LogP) is 1.85. The van der Waals surface area contributed by atoms with Gasteiger partial charge in [-0.25, -0.2) is 4.98 Å². The molecule has 146 valence electrons. The Balaban J connectivity index is 1.35. The van der Waals surface area contributed by atoms with E-state index in [1.165, 1.54) is 0 Å². The Labute approximate surface area is 163 Å². The van der Waals surface area contributed by atoms with E-state index in [9.17, 15) is 9.59 Å².